The van der Waals surface area contributed by atoms with Crippen molar-refractivity contribution in [1.82, 2.24) is 5.32 Å². The Morgan fingerprint density at radius 2 is 2.31 bits per heavy atom. The van der Waals surface area contributed by atoms with E-state index in [9.17, 15) is 9.90 Å². The van der Waals surface area contributed by atoms with Gasteiger partial charge >= 0.3 is 6.09 Å². The first kappa shape index (κ1) is 12.4. The topological polar surface area (TPSA) is 58.6 Å². The van der Waals surface area contributed by atoms with Crippen molar-refractivity contribution >= 4 is 6.09 Å². The maximum absolute atomic E-state index is 11.1. The van der Waals surface area contributed by atoms with E-state index < -0.39 is 0 Å². The van der Waals surface area contributed by atoms with Gasteiger partial charge in [-0.2, -0.15) is 0 Å². The van der Waals surface area contributed by atoms with Gasteiger partial charge in [0.25, 0.3) is 0 Å². The van der Waals surface area contributed by atoms with Gasteiger partial charge in [-0.1, -0.05) is 19.1 Å². The number of hydrogen-bond acceptors (Lipinski definition) is 3. The highest BCUT2D eigenvalue weighted by Gasteiger charge is 2.00. The lowest BCUT2D eigenvalue weighted by Gasteiger charge is -2.06. The Morgan fingerprint density at radius 3 is 3.00 bits per heavy atom. The maximum atomic E-state index is 11.1. The average Bonchev–Trinajstić information content (AvgIpc) is 2.26. The number of nitrogens with one attached hydrogen (secondary N) is 1. The van der Waals surface area contributed by atoms with Gasteiger partial charge < -0.3 is 15.2 Å². The van der Waals surface area contributed by atoms with Crippen LogP contribution in [0, 0.1) is 0 Å². The van der Waals surface area contributed by atoms with Crippen molar-refractivity contribution < 1.29 is 14.6 Å². The van der Waals surface area contributed by atoms with E-state index in [-0.39, 0.29) is 11.8 Å². The molecule has 2 N–H and O–H groups in total. The van der Waals surface area contributed by atoms with E-state index in [1.807, 2.05) is 13.0 Å². The highest BCUT2D eigenvalue weighted by molar-refractivity contribution is 5.67. The molecular weight excluding hydrogens is 206 g/mol. The Morgan fingerprint density at radius 1 is 1.50 bits per heavy atom. The Balaban J connectivity index is 2.22. The predicted octanol–water partition coefficient (Wildman–Crippen LogP) is 2.07. The van der Waals surface area contributed by atoms with E-state index in [4.69, 9.17) is 4.74 Å². The minimum Gasteiger partial charge on any atom is -0.508 e. The van der Waals surface area contributed by atoms with E-state index in [0.717, 1.165) is 12.0 Å². The van der Waals surface area contributed by atoms with Crippen LogP contribution in [-0.4, -0.2) is 24.4 Å². The summed E-state index contributed by atoms with van der Waals surface area (Å²) >= 11 is 0. The van der Waals surface area contributed by atoms with E-state index in [1.54, 1.807) is 18.2 Å². The standard InChI is InChI=1S/C12H17NO3/c1-2-8-16-12(15)13-7-6-10-4-3-5-11(14)9-10/h3-5,9,14H,2,6-8H2,1H3,(H,13,15). The van der Waals surface area contributed by atoms with Crippen molar-refractivity contribution in [2.45, 2.75) is 19.8 Å². The number of alkyl carbamates (subject to hydrolysis) is 1. The number of aromatic hydroxyl groups is 1. The highest BCUT2D eigenvalue weighted by atomic mass is 16.5. The van der Waals surface area contributed by atoms with Crippen LogP contribution in [0.1, 0.15) is 18.9 Å². The molecule has 88 valence electrons. The fourth-order valence-corrected chi connectivity index (χ4v) is 1.27. The molecule has 16 heavy (non-hydrogen) atoms. The molecule has 0 unspecified atom stereocenters. The van der Waals surface area contributed by atoms with Gasteiger partial charge in [0, 0.05) is 6.54 Å². The average molecular weight is 223 g/mol. The van der Waals surface area contributed by atoms with Gasteiger partial charge in [0.15, 0.2) is 0 Å². The molecule has 0 spiro atoms. The molecule has 0 saturated heterocycles. The number of amides is 1. The van der Waals surface area contributed by atoms with Crippen LogP contribution < -0.4 is 5.32 Å². The van der Waals surface area contributed by atoms with Gasteiger partial charge in [0.05, 0.1) is 6.61 Å². The zero-order valence-corrected chi connectivity index (χ0v) is 9.40. The summed E-state index contributed by atoms with van der Waals surface area (Å²) in [6, 6.07) is 6.98. The first-order valence-electron chi connectivity index (χ1n) is 5.41. The summed E-state index contributed by atoms with van der Waals surface area (Å²) in [6.07, 6.45) is 1.11. The molecular formula is C12H17NO3. The minimum absolute atomic E-state index is 0.242. The molecule has 0 fully saturated rings. The SMILES string of the molecule is CCCOC(=O)NCCc1cccc(O)c1. The van der Waals surface area contributed by atoms with Crippen molar-refractivity contribution in [3.63, 3.8) is 0 Å². The Labute approximate surface area is 95.2 Å². The number of carbonyl (C=O) groups is 1. The third kappa shape index (κ3) is 4.68. The molecule has 0 radical (unpaired) electrons. The molecule has 0 saturated carbocycles. The second kappa shape index (κ2) is 6.71. The summed E-state index contributed by atoms with van der Waals surface area (Å²) in [5.41, 5.74) is 0.982. The Kier molecular flexibility index (Phi) is 5.19. The summed E-state index contributed by atoms with van der Waals surface area (Å²) in [4.78, 5) is 11.1. The largest absolute Gasteiger partial charge is 0.508 e. The molecule has 0 bridgehead atoms. The fourth-order valence-electron chi connectivity index (χ4n) is 1.27. The van der Waals surface area contributed by atoms with Crippen LogP contribution in [0.5, 0.6) is 5.75 Å². The van der Waals surface area contributed by atoms with Crippen molar-refractivity contribution in [3.05, 3.63) is 29.8 Å². The van der Waals surface area contributed by atoms with Gasteiger partial charge in [-0.25, -0.2) is 4.79 Å². The Bertz CT molecular complexity index is 339. The summed E-state index contributed by atoms with van der Waals surface area (Å²) in [6.45, 7) is 2.89. The molecule has 1 aromatic carbocycles. The van der Waals surface area contributed by atoms with Crippen LogP contribution in [0.4, 0.5) is 4.79 Å². The molecule has 1 rings (SSSR count). The van der Waals surface area contributed by atoms with E-state index in [2.05, 4.69) is 5.32 Å². The molecule has 0 aliphatic heterocycles. The summed E-state index contributed by atoms with van der Waals surface area (Å²) in [7, 11) is 0. The number of rotatable bonds is 5. The molecule has 0 atom stereocenters. The first-order valence-corrected chi connectivity index (χ1v) is 5.41. The molecule has 0 aliphatic rings. The smallest absolute Gasteiger partial charge is 0.407 e. The lowest BCUT2D eigenvalue weighted by Crippen LogP contribution is -2.26. The second-order valence-electron chi connectivity index (χ2n) is 3.48. The number of ether oxygens (including phenoxy) is 1. The predicted molar refractivity (Wildman–Crippen MR) is 61.5 cm³/mol. The number of hydrogen-bond donors (Lipinski definition) is 2. The van der Waals surface area contributed by atoms with Gasteiger partial charge in [0.1, 0.15) is 5.75 Å². The maximum Gasteiger partial charge on any atom is 0.407 e. The van der Waals surface area contributed by atoms with Gasteiger partial charge in [0.2, 0.25) is 0 Å². The number of carbonyl (C=O) groups excluding carboxylic acids is 1. The Hall–Kier alpha value is -1.71. The van der Waals surface area contributed by atoms with Crippen LogP contribution in [0.25, 0.3) is 0 Å². The summed E-state index contributed by atoms with van der Waals surface area (Å²) in [5.74, 6) is 0.242. The van der Waals surface area contributed by atoms with Crippen molar-refractivity contribution in [2.24, 2.45) is 0 Å². The lowest BCUT2D eigenvalue weighted by molar-refractivity contribution is 0.146. The summed E-state index contributed by atoms with van der Waals surface area (Å²) < 4.78 is 4.85. The fraction of sp³-hybridized carbons (Fsp3) is 0.417. The zero-order valence-electron chi connectivity index (χ0n) is 9.40. The molecule has 0 aliphatic carbocycles. The quantitative estimate of drug-likeness (QED) is 0.803. The molecule has 4 nitrogen and oxygen atoms in total. The van der Waals surface area contributed by atoms with E-state index in [1.165, 1.54) is 0 Å². The van der Waals surface area contributed by atoms with Crippen LogP contribution in [0.3, 0.4) is 0 Å². The first-order chi connectivity index (χ1) is 7.72. The van der Waals surface area contributed by atoms with Crippen molar-refractivity contribution in [2.75, 3.05) is 13.2 Å². The van der Waals surface area contributed by atoms with Gasteiger partial charge in [-0.15, -0.1) is 0 Å². The van der Waals surface area contributed by atoms with Crippen molar-refractivity contribution in [1.29, 1.82) is 0 Å². The minimum atomic E-state index is -0.387. The molecule has 1 aromatic rings. The number of benzene rings is 1. The molecule has 0 heterocycles. The number of phenols is 1. The normalized spacial score (nSPS) is 9.81. The molecule has 4 heteroatoms. The third-order valence-electron chi connectivity index (χ3n) is 2.03. The highest BCUT2D eigenvalue weighted by Crippen LogP contribution is 2.10. The van der Waals surface area contributed by atoms with E-state index >= 15 is 0 Å². The third-order valence-corrected chi connectivity index (χ3v) is 2.03. The van der Waals surface area contributed by atoms with Gasteiger partial charge in [-0.05, 0) is 30.5 Å². The molecule has 1 amide bonds. The van der Waals surface area contributed by atoms with E-state index in [0.29, 0.717) is 19.6 Å². The number of phenolic OH excluding ortho intramolecular Hbond substituents is 1. The molecule has 0 aromatic heterocycles. The van der Waals surface area contributed by atoms with Crippen LogP contribution in [-0.2, 0) is 11.2 Å². The monoisotopic (exact) mass is 223 g/mol. The van der Waals surface area contributed by atoms with Crippen LogP contribution >= 0.6 is 0 Å². The zero-order chi connectivity index (χ0) is 11.8. The van der Waals surface area contributed by atoms with Crippen LogP contribution in [0.2, 0.25) is 0 Å². The van der Waals surface area contributed by atoms with Gasteiger partial charge in [-0.3, -0.25) is 0 Å². The van der Waals surface area contributed by atoms with Crippen molar-refractivity contribution in [3.8, 4) is 5.75 Å². The summed E-state index contributed by atoms with van der Waals surface area (Å²) in [5, 5.41) is 11.9. The van der Waals surface area contributed by atoms with Crippen LogP contribution in [0.15, 0.2) is 24.3 Å². The lowest BCUT2D eigenvalue weighted by atomic mass is 10.1. The second-order valence-corrected chi connectivity index (χ2v) is 3.48.